The first-order valence-electron chi connectivity index (χ1n) is 11.1. The van der Waals surface area contributed by atoms with Crippen LogP contribution in [-0.2, 0) is 0 Å². The summed E-state index contributed by atoms with van der Waals surface area (Å²) in [5, 5.41) is 4.59. The van der Waals surface area contributed by atoms with E-state index in [2.05, 4.69) is 118 Å². The molecule has 3 aromatic rings. The molecule has 0 aliphatic heterocycles. The van der Waals surface area contributed by atoms with Gasteiger partial charge >= 0.3 is 0 Å². The Labute approximate surface area is 178 Å². The van der Waals surface area contributed by atoms with Gasteiger partial charge in [0, 0.05) is 0 Å². The second-order valence-electron chi connectivity index (χ2n) is 7.99. The fourth-order valence-corrected chi connectivity index (χ4v) is 9.25. The summed E-state index contributed by atoms with van der Waals surface area (Å²) in [7, 11) is -2.17. The van der Waals surface area contributed by atoms with E-state index in [1.807, 2.05) is 0 Å². The number of hydrogen-bond acceptors (Lipinski definition) is 0. The Hall–Kier alpha value is -2.32. The van der Waals surface area contributed by atoms with E-state index in [9.17, 15) is 0 Å². The van der Waals surface area contributed by atoms with E-state index in [1.54, 1.807) is 10.7 Å². The molecule has 0 saturated carbocycles. The third-order valence-electron chi connectivity index (χ3n) is 6.45. The molecule has 29 heavy (non-hydrogen) atoms. The van der Waals surface area contributed by atoms with Gasteiger partial charge in [0.05, 0.1) is 0 Å². The molecule has 0 N–H and O–H groups in total. The molecule has 0 atom stereocenters. The molecule has 148 valence electrons. The first kappa shape index (κ1) is 21.4. The number of hydrogen-bond donors (Lipinski definition) is 0. The summed E-state index contributed by atoms with van der Waals surface area (Å²) < 4.78 is 0. The van der Waals surface area contributed by atoms with Gasteiger partial charge in [0.1, 0.15) is 8.07 Å². The van der Waals surface area contributed by atoms with Gasteiger partial charge in [0.25, 0.3) is 0 Å². The zero-order valence-corrected chi connectivity index (χ0v) is 19.4. The Morgan fingerprint density at radius 1 is 0.655 bits per heavy atom. The lowest BCUT2D eigenvalue weighted by Crippen LogP contribution is -2.57. The van der Waals surface area contributed by atoms with Crippen LogP contribution in [0.15, 0.2) is 96.5 Å². The lowest BCUT2D eigenvalue weighted by molar-refractivity contribution is 1.16. The molecule has 0 bridgehead atoms. The topological polar surface area (TPSA) is 0 Å². The van der Waals surface area contributed by atoms with Crippen LogP contribution in [0.4, 0.5) is 0 Å². The summed E-state index contributed by atoms with van der Waals surface area (Å²) >= 11 is 0. The predicted molar refractivity (Wildman–Crippen MR) is 134 cm³/mol. The van der Waals surface area contributed by atoms with Gasteiger partial charge in [0.2, 0.25) is 0 Å². The molecule has 0 radical (unpaired) electrons. The average Bonchev–Trinajstić information content (AvgIpc) is 2.80. The highest BCUT2D eigenvalue weighted by Gasteiger charge is 2.39. The Bertz CT molecular complexity index is 873. The van der Waals surface area contributed by atoms with Gasteiger partial charge < -0.3 is 0 Å². The smallest absolute Gasteiger partial charge is 0.101 e. The first-order valence-corrected chi connectivity index (χ1v) is 13.6. The van der Waals surface area contributed by atoms with Gasteiger partial charge in [-0.05, 0) is 22.4 Å². The van der Waals surface area contributed by atoms with Gasteiger partial charge in [-0.25, -0.2) is 0 Å². The molecule has 0 spiro atoms. The summed E-state index contributed by atoms with van der Waals surface area (Å²) in [6.45, 7) is 10.2. The molecule has 3 aromatic carbocycles. The molecular weight excluding hydrogens is 363 g/mol. The summed E-state index contributed by atoms with van der Waals surface area (Å²) in [5.74, 6) is 0. The fraction of sp³-hybridized carbons (Fsp3) is 0.259. The second-order valence-corrected chi connectivity index (χ2v) is 11.9. The average molecular weight is 396 g/mol. The van der Waals surface area contributed by atoms with Crippen LogP contribution >= 0.6 is 0 Å². The van der Waals surface area contributed by atoms with Gasteiger partial charge in [-0.2, -0.15) is 0 Å². The Balaban J connectivity index is 2.42. The van der Waals surface area contributed by atoms with Crippen molar-refractivity contribution in [2.24, 2.45) is 0 Å². The van der Waals surface area contributed by atoms with Crippen LogP contribution in [0.3, 0.4) is 0 Å². The van der Waals surface area contributed by atoms with E-state index in [4.69, 9.17) is 0 Å². The van der Waals surface area contributed by atoms with Crippen LogP contribution < -0.4 is 10.4 Å². The highest BCUT2D eigenvalue weighted by Crippen LogP contribution is 2.33. The maximum atomic E-state index is 2.55. The van der Waals surface area contributed by atoms with E-state index in [1.165, 1.54) is 28.6 Å². The number of benzene rings is 3. The van der Waals surface area contributed by atoms with Gasteiger partial charge in [-0.3, -0.25) is 0 Å². The summed E-state index contributed by atoms with van der Waals surface area (Å²) in [6, 6.07) is 33.7. The molecule has 0 saturated heterocycles. The quantitative estimate of drug-likeness (QED) is 0.389. The van der Waals surface area contributed by atoms with Crippen molar-refractivity contribution in [1.82, 2.24) is 0 Å². The van der Waals surface area contributed by atoms with Gasteiger partial charge in [-0.15, -0.1) is 5.47 Å². The normalized spacial score (nSPS) is 12.4. The van der Waals surface area contributed by atoms with Crippen molar-refractivity contribution in [3.05, 3.63) is 102 Å². The van der Waals surface area contributed by atoms with E-state index < -0.39 is 8.07 Å². The Morgan fingerprint density at radius 3 is 1.45 bits per heavy atom. The molecule has 0 aromatic heterocycles. The summed E-state index contributed by atoms with van der Waals surface area (Å²) in [6.07, 6.45) is 3.51. The Morgan fingerprint density at radius 2 is 1.07 bits per heavy atom. The molecular formula is C27H33BSi. The van der Waals surface area contributed by atoms with Gasteiger partial charge in [-0.1, -0.05) is 136 Å². The zero-order chi connectivity index (χ0) is 20.7. The maximum Gasteiger partial charge on any atom is 0.169 e. The molecule has 3 rings (SSSR count). The summed E-state index contributed by atoms with van der Waals surface area (Å²) in [5.41, 5.74) is 3.06. The van der Waals surface area contributed by atoms with Crippen molar-refractivity contribution >= 4 is 30.4 Å². The SMILES string of the molecule is CCB(CC)/C(CC)=C(/c1ccccc1)[Si](C)(c1ccccc1)c1ccccc1. The van der Waals surface area contributed by atoms with E-state index >= 15 is 0 Å². The zero-order valence-electron chi connectivity index (χ0n) is 18.4. The van der Waals surface area contributed by atoms with E-state index in [0.29, 0.717) is 6.71 Å². The lowest BCUT2D eigenvalue weighted by Gasteiger charge is -2.36. The maximum absolute atomic E-state index is 2.55. The van der Waals surface area contributed by atoms with Crippen molar-refractivity contribution in [1.29, 1.82) is 0 Å². The third-order valence-corrected chi connectivity index (χ3v) is 11.0. The van der Waals surface area contributed by atoms with Crippen LogP contribution in [0, 0.1) is 0 Å². The van der Waals surface area contributed by atoms with Crippen LogP contribution in [-0.4, -0.2) is 14.8 Å². The van der Waals surface area contributed by atoms with Crippen molar-refractivity contribution in [2.45, 2.75) is 46.4 Å². The van der Waals surface area contributed by atoms with Crippen molar-refractivity contribution in [3.8, 4) is 0 Å². The number of rotatable bonds is 8. The van der Waals surface area contributed by atoms with E-state index in [0.717, 1.165) is 6.42 Å². The molecule has 0 nitrogen and oxygen atoms in total. The second kappa shape index (κ2) is 9.94. The fourth-order valence-electron chi connectivity index (χ4n) is 4.85. The highest BCUT2D eigenvalue weighted by atomic mass is 28.3. The minimum atomic E-state index is -2.17. The minimum Gasteiger partial charge on any atom is -0.101 e. The molecule has 0 amide bonds. The van der Waals surface area contributed by atoms with Crippen LogP contribution in [0.25, 0.3) is 5.20 Å². The molecule has 0 unspecified atom stereocenters. The summed E-state index contributed by atoms with van der Waals surface area (Å²) in [4.78, 5) is 0. The first-order chi connectivity index (χ1) is 14.2. The predicted octanol–water partition coefficient (Wildman–Crippen LogP) is 6.36. The molecule has 0 heterocycles. The monoisotopic (exact) mass is 396 g/mol. The molecule has 2 heteroatoms. The van der Waals surface area contributed by atoms with E-state index in [-0.39, 0.29) is 0 Å². The third kappa shape index (κ3) is 4.33. The lowest BCUT2D eigenvalue weighted by atomic mass is 9.40. The molecule has 0 fully saturated rings. The minimum absolute atomic E-state index is 0.634. The standard InChI is InChI=1S/C27H33BSi/c1-5-26(28(6-2)7-3)27(23-17-11-8-12-18-23)29(4,24-19-13-9-14-20-24)25-21-15-10-16-22-25/h8-22H,5-7H2,1-4H3/b27-26-. The van der Waals surface area contributed by atoms with Gasteiger partial charge in [0.15, 0.2) is 6.71 Å². The molecule has 0 aliphatic carbocycles. The van der Waals surface area contributed by atoms with Crippen LogP contribution in [0.2, 0.25) is 19.2 Å². The van der Waals surface area contributed by atoms with Crippen molar-refractivity contribution in [2.75, 3.05) is 0 Å². The van der Waals surface area contributed by atoms with Crippen LogP contribution in [0.5, 0.6) is 0 Å². The van der Waals surface area contributed by atoms with Crippen molar-refractivity contribution in [3.63, 3.8) is 0 Å². The van der Waals surface area contributed by atoms with Crippen LogP contribution in [0.1, 0.15) is 32.8 Å². The van der Waals surface area contributed by atoms with Crippen molar-refractivity contribution < 1.29 is 0 Å². The highest BCUT2D eigenvalue weighted by molar-refractivity contribution is 7.15. The largest absolute Gasteiger partial charge is 0.169 e. The number of allylic oxidation sites excluding steroid dienone is 1. The molecule has 0 aliphatic rings. The Kier molecular flexibility index (Phi) is 7.33.